The van der Waals surface area contributed by atoms with Crippen molar-refractivity contribution in [3.05, 3.63) is 30.1 Å². The molecule has 6 heteroatoms. The molecule has 134 valence electrons. The molecule has 24 heavy (non-hydrogen) atoms. The van der Waals surface area contributed by atoms with Crippen molar-refractivity contribution < 1.29 is 9.18 Å². The van der Waals surface area contributed by atoms with Crippen LogP contribution in [0.25, 0.3) is 0 Å². The van der Waals surface area contributed by atoms with Crippen LogP contribution in [0.1, 0.15) is 32.1 Å². The van der Waals surface area contributed by atoms with Crippen molar-refractivity contribution in [3.8, 4) is 0 Å². The fourth-order valence-electron chi connectivity index (χ4n) is 3.05. The van der Waals surface area contributed by atoms with Gasteiger partial charge >= 0.3 is 0 Å². The monoisotopic (exact) mass is 355 g/mol. The van der Waals surface area contributed by atoms with Gasteiger partial charge < -0.3 is 15.5 Å². The average Bonchev–Trinajstić information content (AvgIpc) is 3.38. The van der Waals surface area contributed by atoms with Crippen molar-refractivity contribution in [2.24, 2.45) is 5.92 Å². The van der Waals surface area contributed by atoms with Crippen molar-refractivity contribution in [1.82, 2.24) is 10.2 Å². The van der Waals surface area contributed by atoms with Crippen LogP contribution in [0.2, 0.25) is 0 Å². The van der Waals surface area contributed by atoms with Crippen molar-refractivity contribution >= 4 is 24.0 Å². The summed E-state index contributed by atoms with van der Waals surface area (Å²) in [6.45, 7) is 4.00. The van der Waals surface area contributed by atoms with E-state index in [0.717, 1.165) is 38.4 Å². The maximum absolute atomic E-state index is 13.5. The third-order valence-electron chi connectivity index (χ3n) is 4.78. The number of nitrogens with zero attached hydrogens (tertiary/aromatic N) is 1. The Kier molecular flexibility index (Phi) is 7.46. The number of amides is 1. The van der Waals surface area contributed by atoms with Gasteiger partial charge in [-0.3, -0.25) is 4.79 Å². The number of rotatable bonds is 7. The molecule has 1 aliphatic carbocycles. The molecule has 0 aromatic heterocycles. The lowest BCUT2D eigenvalue weighted by Crippen LogP contribution is -2.43. The van der Waals surface area contributed by atoms with E-state index in [1.165, 1.54) is 25.5 Å². The number of hydrogen-bond acceptors (Lipinski definition) is 3. The van der Waals surface area contributed by atoms with Crippen molar-refractivity contribution in [2.45, 2.75) is 38.1 Å². The molecule has 1 saturated heterocycles. The van der Waals surface area contributed by atoms with Crippen LogP contribution in [-0.4, -0.2) is 43.0 Å². The van der Waals surface area contributed by atoms with E-state index in [2.05, 4.69) is 15.5 Å². The van der Waals surface area contributed by atoms with Gasteiger partial charge in [-0.05, 0) is 63.4 Å². The molecule has 0 radical (unpaired) electrons. The van der Waals surface area contributed by atoms with Gasteiger partial charge in [0.15, 0.2) is 0 Å². The van der Waals surface area contributed by atoms with Crippen LogP contribution in [-0.2, 0) is 4.79 Å². The summed E-state index contributed by atoms with van der Waals surface area (Å²) in [4.78, 5) is 14.3. The topological polar surface area (TPSA) is 44.4 Å². The highest BCUT2D eigenvalue weighted by atomic mass is 35.5. The van der Waals surface area contributed by atoms with Gasteiger partial charge in [0.25, 0.3) is 0 Å². The number of carbonyl (C=O) groups excluding carboxylic acids is 1. The minimum atomic E-state index is -0.386. The third-order valence-corrected chi connectivity index (χ3v) is 4.78. The Hall–Kier alpha value is -1.17. The molecule has 1 amide bonds. The summed E-state index contributed by atoms with van der Waals surface area (Å²) in [5.74, 6) is 0.419. The largest absolute Gasteiger partial charge is 0.324 e. The molecule has 1 saturated carbocycles. The Morgan fingerprint density at radius 3 is 2.54 bits per heavy atom. The highest BCUT2D eigenvalue weighted by molar-refractivity contribution is 5.90. The lowest BCUT2D eigenvalue weighted by molar-refractivity contribution is -0.116. The molecule has 1 aliphatic heterocycles. The van der Waals surface area contributed by atoms with Crippen LogP contribution >= 0.6 is 12.4 Å². The van der Waals surface area contributed by atoms with E-state index >= 15 is 0 Å². The van der Waals surface area contributed by atoms with Crippen molar-refractivity contribution in [3.63, 3.8) is 0 Å². The van der Waals surface area contributed by atoms with Crippen molar-refractivity contribution in [2.75, 3.05) is 31.5 Å². The SMILES string of the molecule is Cl.O=C(CCN1CCC(NCC2CC2)CC1)Nc1ccccc1F. The summed E-state index contributed by atoms with van der Waals surface area (Å²) >= 11 is 0. The van der Waals surface area contributed by atoms with Gasteiger partial charge in [0, 0.05) is 19.0 Å². The predicted octanol–water partition coefficient (Wildman–Crippen LogP) is 3.04. The number of halogens is 2. The standard InChI is InChI=1S/C18H26FN3O.ClH/c19-16-3-1-2-4-17(16)21-18(23)9-12-22-10-7-15(8-11-22)20-13-14-5-6-14;/h1-4,14-15,20H,5-13H2,(H,21,23);1H. The van der Waals surface area contributed by atoms with E-state index in [1.54, 1.807) is 18.2 Å². The van der Waals surface area contributed by atoms with E-state index in [4.69, 9.17) is 0 Å². The zero-order valence-corrected chi connectivity index (χ0v) is 14.8. The Morgan fingerprint density at radius 2 is 1.88 bits per heavy atom. The van der Waals surface area contributed by atoms with Gasteiger partial charge in [-0.15, -0.1) is 12.4 Å². The molecule has 2 fully saturated rings. The number of carbonyl (C=O) groups is 1. The zero-order valence-electron chi connectivity index (χ0n) is 14.0. The van der Waals surface area contributed by atoms with Gasteiger partial charge in [-0.25, -0.2) is 4.39 Å². The number of benzene rings is 1. The van der Waals surface area contributed by atoms with E-state index in [9.17, 15) is 9.18 Å². The van der Waals surface area contributed by atoms with Crippen LogP contribution in [0.4, 0.5) is 10.1 Å². The van der Waals surface area contributed by atoms with Crippen LogP contribution in [0.15, 0.2) is 24.3 Å². The molecule has 2 aliphatic rings. The van der Waals surface area contributed by atoms with Crippen LogP contribution in [0, 0.1) is 11.7 Å². The molecular weight excluding hydrogens is 329 g/mol. The van der Waals surface area contributed by atoms with Crippen LogP contribution in [0.3, 0.4) is 0 Å². The molecular formula is C18H27ClFN3O. The molecule has 0 bridgehead atoms. The van der Waals surface area contributed by atoms with E-state index in [-0.39, 0.29) is 29.8 Å². The molecule has 1 heterocycles. The maximum Gasteiger partial charge on any atom is 0.225 e. The Labute approximate surface area is 149 Å². The highest BCUT2D eigenvalue weighted by Gasteiger charge is 2.24. The molecule has 0 unspecified atom stereocenters. The zero-order chi connectivity index (χ0) is 16.1. The summed E-state index contributed by atoms with van der Waals surface area (Å²) in [7, 11) is 0. The van der Waals surface area contributed by atoms with E-state index in [0.29, 0.717) is 12.5 Å². The van der Waals surface area contributed by atoms with Gasteiger partial charge in [-0.2, -0.15) is 0 Å². The first-order valence-corrected chi connectivity index (χ1v) is 8.71. The summed E-state index contributed by atoms with van der Waals surface area (Å²) in [5, 5.41) is 6.31. The molecule has 4 nitrogen and oxygen atoms in total. The number of likely N-dealkylation sites (tertiary alicyclic amines) is 1. The number of piperidine rings is 1. The second-order valence-electron chi connectivity index (χ2n) is 6.75. The van der Waals surface area contributed by atoms with Crippen LogP contribution in [0.5, 0.6) is 0 Å². The fourth-order valence-corrected chi connectivity index (χ4v) is 3.05. The predicted molar refractivity (Wildman–Crippen MR) is 97.1 cm³/mol. The minimum Gasteiger partial charge on any atom is -0.324 e. The Balaban J connectivity index is 0.00000208. The normalized spacial score (nSPS) is 18.9. The van der Waals surface area contributed by atoms with Crippen LogP contribution < -0.4 is 10.6 Å². The molecule has 0 spiro atoms. The third kappa shape index (κ3) is 6.04. The fraction of sp³-hybridized carbons (Fsp3) is 0.611. The smallest absolute Gasteiger partial charge is 0.225 e. The quantitative estimate of drug-likeness (QED) is 0.790. The molecule has 0 atom stereocenters. The van der Waals surface area contributed by atoms with Gasteiger partial charge in [0.2, 0.25) is 5.91 Å². The molecule has 3 rings (SSSR count). The molecule has 1 aromatic carbocycles. The first kappa shape index (κ1) is 19.2. The summed E-state index contributed by atoms with van der Waals surface area (Å²) in [6.07, 6.45) is 5.50. The Bertz CT molecular complexity index is 531. The number of hydrogen-bond donors (Lipinski definition) is 2. The summed E-state index contributed by atoms with van der Waals surface area (Å²) < 4.78 is 13.5. The summed E-state index contributed by atoms with van der Waals surface area (Å²) in [5.41, 5.74) is 0.264. The second kappa shape index (κ2) is 9.35. The number of para-hydroxylation sites is 1. The first-order chi connectivity index (χ1) is 11.2. The number of nitrogens with one attached hydrogen (secondary N) is 2. The number of anilines is 1. The average molecular weight is 356 g/mol. The van der Waals surface area contributed by atoms with Gasteiger partial charge in [0.1, 0.15) is 5.82 Å². The molecule has 2 N–H and O–H groups in total. The summed E-state index contributed by atoms with van der Waals surface area (Å²) in [6, 6.07) is 6.92. The van der Waals surface area contributed by atoms with Gasteiger partial charge in [-0.1, -0.05) is 12.1 Å². The maximum atomic E-state index is 13.5. The second-order valence-corrected chi connectivity index (χ2v) is 6.75. The van der Waals surface area contributed by atoms with E-state index in [1.807, 2.05) is 0 Å². The van der Waals surface area contributed by atoms with E-state index < -0.39 is 0 Å². The van der Waals surface area contributed by atoms with Gasteiger partial charge in [0.05, 0.1) is 5.69 Å². The lowest BCUT2D eigenvalue weighted by Gasteiger charge is -2.32. The lowest BCUT2D eigenvalue weighted by atomic mass is 10.0. The van der Waals surface area contributed by atoms with Crippen molar-refractivity contribution in [1.29, 1.82) is 0 Å². The first-order valence-electron chi connectivity index (χ1n) is 8.71. The Morgan fingerprint density at radius 1 is 1.17 bits per heavy atom. The molecule has 1 aromatic rings. The highest BCUT2D eigenvalue weighted by Crippen LogP contribution is 2.28. The minimum absolute atomic E-state index is 0.